The van der Waals surface area contributed by atoms with Crippen LogP contribution in [0.4, 0.5) is 5.69 Å². The van der Waals surface area contributed by atoms with Gasteiger partial charge in [-0.25, -0.2) is 8.42 Å². The van der Waals surface area contributed by atoms with E-state index in [0.717, 1.165) is 12.8 Å². The lowest BCUT2D eigenvalue weighted by molar-refractivity contribution is -0.119. The molecule has 20 heavy (non-hydrogen) atoms. The highest BCUT2D eigenvalue weighted by Crippen LogP contribution is 2.24. The van der Waals surface area contributed by atoms with E-state index in [-0.39, 0.29) is 21.6 Å². The van der Waals surface area contributed by atoms with Crippen LogP contribution in [0.1, 0.15) is 26.7 Å². The molecule has 0 radical (unpaired) electrons. The van der Waals surface area contributed by atoms with Crippen molar-refractivity contribution in [3.63, 3.8) is 0 Å². The summed E-state index contributed by atoms with van der Waals surface area (Å²) in [5.74, 6) is -1.17. The number of hydrogen-bond acceptors (Lipinski definition) is 4. The molecular weight excluding hydrogens is 300 g/mol. The van der Waals surface area contributed by atoms with Crippen LogP contribution in [-0.4, -0.2) is 26.1 Å². The summed E-state index contributed by atoms with van der Waals surface area (Å²) >= 11 is 5.85. The Morgan fingerprint density at radius 2 is 2.10 bits per heavy atom. The van der Waals surface area contributed by atoms with Gasteiger partial charge in [-0.2, -0.15) is 0 Å². The first-order valence-electron chi connectivity index (χ1n) is 6.33. The van der Waals surface area contributed by atoms with Crippen LogP contribution in [0.2, 0.25) is 5.02 Å². The fraction of sp³-hybridized carbons (Fsp3) is 0.462. The Bertz CT molecular complexity index is 587. The van der Waals surface area contributed by atoms with Gasteiger partial charge in [-0.05, 0) is 31.5 Å². The Morgan fingerprint density at radius 3 is 2.70 bits per heavy atom. The van der Waals surface area contributed by atoms with Gasteiger partial charge in [0.15, 0.2) is 9.84 Å². The molecule has 0 aliphatic carbocycles. The SMILES string of the molecule is CCCC(C)NC(=O)CS(=O)(=O)c1cc(N)ccc1Cl. The second-order valence-corrected chi connectivity index (χ2v) is 7.07. The lowest BCUT2D eigenvalue weighted by atomic mass is 10.2. The molecule has 0 aliphatic rings. The van der Waals surface area contributed by atoms with Gasteiger partial charge >= 0.3 is 0 Å². The zero-order valence-corrected chi connectivity index (χ0v) is 13.1. The van der Waals surface area contributed by atoms with Crippen LogP contribution in [-0.2, 0) is 14.6 Å². The molecule has 0 saturated carbocycles. The molecule has 5 nitrogen and oxygen atoms in total. The molecule has 1 unspecified atom stereocenters. The minimum Gasteiger partial charge on any atom is -0.399 e. The average Bonchev–Trinajstić information content (AvgIpc) is 2.31. The second kappa shape index (κ2) is 6.95. The van der Waals surface area contributed by atoms with E-state index >= 15 is 0 Å². The van der Waals surface area contributed by atoms with Crippen molar-refractivity contribution in [3.8, 4) is 0 Å². The number of halogens is 1. The van der Waals surface area contributed by atoms with Gasteiger partial charge in [0.25, 0.3) is 0 Å². The highest BCUT2D eigenvalue weighted by molar-refractivity contribution is 7.92. The van der Waals surface area contributed by atoms with Crippen LogP contribution in [0.3, 0.4) is 0 Å². The summed E-state index contributed by atoms with van der Waals surface area (Å²) < 4.78 is 24.3. The number of carbonyl (C=O) groups is 1. The summed E-state index contributed by atoms with van der Waals surface area (Å²) in [7, 11) is -3.80. The number of nitrogens with one attached hydrogen (secondary N) is 1. The molecule has 0 saturated heterocycles. The van der Waals surface area contributed by atoms with E-state index in [4.69, 9.17) is 17.3 Å². The number of benzene rings is 1. The number of amides is 1. The predicted octanol–water partition coefficient (Wildman–Crippen LogP) is 2.00. The normalized spacial score (nSPS) is 12.9. The van der Waals surface area contributed by atoms with E-state index in [1.54, 1.807) is 0 Å². The first kappa shape index (κ1) is 16.8. The largest absolute Gasteiger partial charge is 0.399 e. The zero-order chi connectivity index (χ0) is 15.3. The van der Waals surface area contributed by atoms with Gasteiger partial charge in [-0.3, -0.25) is 4.79 Å². The van der Waals surface area contributed by atoms with E-state index in [2.05, 4.69) is 5.32 Å². The van der Waals surface area contributed by atoms with E-state index in [9.17, 15) is 13.2 Å². The fourth-order valence-corrected chi connectivity index (χ4v) is 3.57. The molecule has 0 aliphatic heterocycles. The van der Waals surface area contributed by atoms with E-state index < -0.39 is 21.5 Å². The van der Waals surface area contributed by atoms with Crippen LogP contribution in [0.15, 0.2) is 23.1 Å². The lowest BCUT2D eigenvalue weighted by Crippen LogP contribution is -2.36. The highest BCUT2D eigenvalue weighted by Gasteiger charge is 2.23. The van der Waals surface area contributed by atoms with Gasteiger partial charge in [-0.1, -0.05) is 24.9 Å². The molecular formula is C13H19ClN2O3S. The first-order valence-corrected chi connectivity index (χ1v) is 8.36. The Morgan fingerprint density at radius 1 is 1.45 bits per heavy atom. The average molecular weight is 319 g/mol. The molecule has 1 aromatic carbocycles. The van der Waals surface area contributed by atoms with Gasteiger partial charge in [0, 0.05) is 11.7 Å². The van der Waals surface area contributed by atoms with Crippen molar-refractivity contribution in [1.29, 1.82) is 0 Å². The van der Waals surface area contributed by atoms with Crippen molar-refractivity contribution < 1.29 is 13.2 Å². The van der Waals surface area contributed by atoms with Gasteiger partial charge in [-0.15, -0.1) is 0 Å². The summed E-state index contributed by atoms with van der Waals surface area (Å²) in [5, 5.41) is 2.71. The monoisotopic (exact) mass is 318 g/mol. The summed E-state index contributed by atoms with van der Waals surface area (Å²) in [4.78, 5) is 11.6. The van der Waals surface area contributed by atoms with Crippen molar-refractivity contribution in [3.05, 3.63) is 23.2 Å². The van der Waals surface area contributed by atoms with Gasteiger partial charge in [0.1, 0.15) is 5.75 Å². The maximum absolute atomic E-state index is 12.2. The number of carbonyl (C=O) groups excluding carboxylic acids is 1. The highest BCUT2D eigenvalue weighted by atomic mass is 35.5. The molecule has 0 heterocycles. The zero-order valence-electron chi connectivity index (χ0n) is 11.5. The standard InChI is InChI=1S/C13H19ClN2O3S/c1-3-4-9(2)16-13(17)8-20(18,19)12-7-10(15)5-6-11(12)14/h5-7,9H,3-4,8,15H2,1-2H3,(H,16,17). The van der Waals surface area contributed by atoms with E-state index in [1.165, 1.54) is 18.2 Å². The Kier molecular flexibility index (Phi) is 5.83. The van der Waals surface area contributed by atoms with Crippen molar-refractivity contribution >= 4 is 33.0 Å². The van der Waals surface area contributed by atoms with Crippen LogP contribution in [0.25, 0.3) is 0 Å². The number of nitrogen functional groups attached to an aromatic ring is 1. The molecule has 1 rings (SSSR count). The van der Waals surface area contributed by atoms with Crippen LogP contribution in [0.5, 0.6) is 0 Å². The summed E-state index contributed by atoms with van der Waals surface area (Å²) in [6.45, 7) is 3.83. The second-order valence-electron chi connectivity index (χ2n) is 4.71. The summed E-state index contributed by atoms with van der Waals surface area (Å²) in [5.41, 5.74) is 5.84. The summed E-state index contributed by atoms with van der Waals surface area (Å²) in [6, 6.07) is 4.12. The van der Waals surface area contributed by atoms with E-state index in [0.29, 0.717) is 0 Å². The molecule has 0 spiro atoms. The number of sulfone groups is 1. The lowest BCUT2D eigenvalue weighted by Gasteiger charge is -2.13. The number of hydrogen-bond donors (Lipinski definition) is 2. The molecule has 3 N–H and O–H groups in total. The Balaban J connectivity index is 2.85. The van der Waals surface area contributed by atoms with Crippen molar-refractivity contribution in [2.24, 2.45) is 0 Å². The van der Waals surface area contributed by atoms with Crippen LogP contribution >= 0.6 is 11.6 Å². The fourth-order valence-electron chi connectivity index (χ4n) is 1.83. The summed E-state index contributed by atoms with van der Waals surface area (Å²) in [6.07, 6.45) is 1.71. The third-order valence-electron chi connectivity index (χ3n) is 2.74. The van der Waals surface area contributed by atoms with Gasteiger partial charge < -0.3 is 11.1 Å². The molecule has 1 amide bonds. The molecule has 0 aromatic heterocycles. The van der Waals surface area contributed by atoms with Crippen LogP contribution < -0.4 is 11.1 Å². The number of rotatable bonds is 6. The maximum atomic E-state index is 12.2. The van der Waals surface area contributed by atoms with Crippen molar-refractivity contribution in [2.75, 3.05) is 11.5 Å². The molecule has 1 atom stereocenters. The third kappa shape index (κ3) is 4.68. The molecule has 0 bridgehead atoms. The molecule has 112 valence electrons. The smallest absolute Gasteiger partial charge is 0.235 e. The van der Waals surface area contributed by atoms with Crippen molar-refractivity contribution in [2.45, 2.75) is 37.6 Å². The minimum absolute atomic E-state index is 0.0565. The predicted molar refractivity (Wildman–Crippen MR) is 80.4 cm³/mol. The third-order valence-corrected chi connectivity index (χ3v) is 4.83. The molecule has 7 heteroatoms. The van der Waals surface area contributed by atoms with Gasteiger partial charge in [0.05, 0.1) is 9.92 Å². The Labute approximate surface area is 124 Å². The molecule has 1 aromatic rings. The van der Waals surface area contributed by atoms with Crippen molar-refractivity contribution in [1.82, 2.24) is 5.32 Å². The Hall–Kier alpha value is -1.27. The topological polar surface area (TPSA) is 89.3 Å². The first-order chi connectivity index (χ1) is 9.26. The number of anilines is 1. The van der Waals surface area contributed by atoms with Crippen LogP contribution in [0, 0.1) is 0 Å². The minimum atomic E-state index is -3.80. The molecule has 0 fully saturated rings. The van der Waals surface area contributed by atoms with Gasteiger partial charge in [0.2, 0.25) is 5.91 Å². The van der Waals surface area contributed by atoms with E-state index in [1.807, 2.05) is 13.8 Å². The quantitative estimate of drug-likeness (QED) is 0.785. The maximum Gasteiger partial charge on any atom is 0.235 e. The number of nitrogens with two attached hydrogens (primary N) is 1.